The van der Waals surface area contributed by atoms with Crippen LogP contribution in [0.5, 0.6) is 0 Å². The average molecular weight is 331 g/mol. The topological polar surface area (TPSA) is 38.7 Å². The monoisotopic (exact) mass is 331 g/mol. The summed E-state index contributed by atoms with van der Waals surface area (Å²) in [6.45, 7) is 8.64. The van der Waals surface area contributed by atoms with Gasteiger partial charge in [0.05, 0.1) is 21.6 Å². The van der Waals surface area contributed by atoms with Gasteiger partial charge < -0.3 is 0 Å². The normalized spacial score (nSPS) is 15.0. The Morgan fingerprint density at radius 2 is 1.88 bits per heavy atom. The van der Waals surface area contributed by atoms with Crippen LogP contribution in [0.1, 0.15) is 36.5 Å². The van der Waals surface area contributed by atoms with E-state index in [9.17, 15) is 0 Å². The first-order valence-electron chi connectivity index (χ1n) is 8.15. The molecule has 4 heteroatoms. The summed E-state index contributed by atoms with van der Waals surface area (Å²) in [7, 11) is 0. The van der Waals surface area contributed by atoms with Gasteiger partial charge in [-0.3, -0.25) is 4.98 Å². The SMILES string of the molecule is Cc1nc(C)c2sc3ccc4c(c3c2n1)C(C)(C)c1cccnc1-4. The number of fused-ring (bicyclic) bond motifs is 7. The van der Waals surface area contributed by atoms with E-state index in [1.165, 1.54) is 31.5 Å². The summed E-state index contributed by atoms with van der Waals surface area (Å²) in [6, 6.07) is 8.68. The lowest BCUT2D eigenvalue weighted by Gasteiger charge is -2.22. The maximum atomic E-state index is 4.81. The molecule has 5 rings (SSSR count). The van der Waals surface area contributed by atoms with Crippen molar-refractivity contribution in [3.8, 4) is 11.3 Å². The Morgan fingerprint density at radius 1 is 1.04 bits per heavy atom. The van der Waals surface area contributed by atoms with Crippen LogP contribution in [0.4, 0.5) is 0 Å². The largest absolute Gasteiger partial charge is 0.256 e. The third-order valence-corrected chi connectivity index (χ3v) is 6.38. The predicted octanol–water partition coefficient (Wildman–Crippen LogP) is 5.16. The molecule has 0 spiro atoms. The predicted molar refractivity (Wildman–Crippen MR) is 99.8 cm³/mol. The van der Waals surface area contributed by atoms with Crippen LogP contribution in [0.25, 0.3) is 31.6 Å². The number of benzene rings is 1. The van der Waals surface area contributed by atoms with Gasteiger partial charge in [0.1, 0.15) is 5.82 Å². The van der Waals surface area contributed by atoms with Crippen LogP contribution in [0.3, 0.4) is 0 Å². The zero-order valence-electron chi connectivity index (χ0n) is 14.1. The van der Waals surface area contributed by atoms with Crippen molar-refractivity contribution in [2.45, 2.75) is 33.1 Å². The van der Waals surface area contributed by atoms with E-state index in [1.807, 2.05) is 19.2 Å². The van der Waals surface area contributed by atoms with Gasteiger partial charge in [0.15, 0.2) is 0 Å². The highest BCUT2D eigenvalue weighted by atomic mass is 32.1. The molecule has 3 aromatic heterocycles. The van der Waals surface area contributed by atoms with E-state index < -0.39 is 0 Å². The molecular formula is C20H17N3S. The Kier molecular flexibility index (Phi) is 2.57. The Morgan fingerprint density at radius 3 is 2.71 bits per heavy atom. The first kappa shape index (κ1) is 14.1. The zero-order chi connectivity index (χ0) is 16.6. The van der Waals surface area contributed by atoms with Crippen LogP contribution < -0.4 is 0 Å². The summed E-state index contributed by atoms with van der Waals surface area (Å²) < 4.78 is 2.48. The van der Waals surface area contributed by atoms with Crippen LogP contribution >= 0.6 is 11.3 Å². The maximum absolute atomic E-state index is 4.81. The lowest BCUT2D eigenvalue weighted by atomic mass is 9.81. The molecule has 3 heterocycles. The summed E-state index contributed by atoms with van der Waals surface area (Å²) >= 11 is 1.80. The molecule has 4 aromatic rings. The van der Waals surface area contributed by atoms with Gasteiger partial charge in [-0.05, 0) is 37.1 Å². The molecular weight excluding hydrogens is 314 g/mol. The molecule has 0 atom stereocenters. The smallest absolute Gasteiger partial charge is 0.126 e. The lowest BCUT2D eigenvalue weighted by Crippen LogP contribution is -2.15. The maximum Gasteiger partial charge on any atom is 0.126 e. The van der Waals surface area contributed by atoms with Crippen molar-refractivity contribution < 1.29 is 0 Å². The fourth-order valence-corrected chi connectivity index (χ4v) is 5.21. The van der Waals surface area contributed by atoms with Gasteiger partial charge >= 0.3 is 0 Å². The minimum Gasteiger partial charge on any atom is -0.256 e. The molecule has 118 valence electrons. The van der Waals surface area contributed by atoms with Crippen molar-refractivity contribution in [2.75, 3.05) is 0 Å². The molecule has 0 N–H and O–H groups in total. The van der Waals surface area contributed by atoms with Gasteiger partial charge in [0.2, 0.25) is 0 Å². The molecule has 0 saturated heterocycles. The van der Waals surface area contributed by atoms with Gasteiger partial charge in [0, 0.05) is 27.3 Å². The summed E-state index contributed by atoms with van der Waals surface area (Å²) in [5, 5.41) is 1.28. The zero-order valence-corrected chi connectivity index (χ0v) is 15.0. The van der Waals surface area contributed by atoms with Gasteiger partial charge in [-0.15, -0.1) is 11.3 Å². The van der Waals surface area contributed by atoms with E-state index in [0.29, 0.717) is 0 Å². The Labute approximate surface area is 144 Å². The van der Waals surface area contributed by atoms with E-state index in [1.54, 1.807) is 11.3 Å². The molecule has 0 fully saturated rings. The van der Waals surface area contributed by atoms with E-state index in [4.69, 9.17) is 4.98 Å². The second-order valence-electron chi connectivity index (χ2n) is 7.02. The van der Waals surface area contributed by atoms with Crippen molar-refractivity contribution in [2.24, 2.45) is 0 Å². The van der Waals surface area contributed by atoms with Crippen molar-refractivity contribution in [3.05, 3.63) is 53.1 Å². The van der Waals surface area contributed by atoms with Gasteiger partial charge in [0.25, 0.3) is 0 Å². The third-order valence-electron chi connectivity index (χ3n) is 5.12. The number of hydrogen-bond donors (Lipinski definition) is 0. The Hall–Kier alpha value is -2.33. The first-order valence-corrected chi connectivity index (χ1v) is 8.97. The molecule has 0 aliphatic heterocycles. The molecule has 3 nitrogen and oxygen atoms in total. The number of pyridine rings is 1. The van der Waals surface area contributed by atoms with E-state index in [-0.39, 0.29) is 5.41 Å². The summed E-state index contributed by atoms with van der Waals surface area (Å²) in [4.78, 5) is 14.0. The lowest BCUT2D eigenvalue weighted by molar-refractivity contribution is 0.665. The van der Waals surface area contributed by atoms with E-state index >= 15 is 0 Å². The average Bonchev–Trinajstić information content (AvgIpc) is 3.02. The summed E-state index contributed by atoms with van der Waals surface area (Å²) in [6.07, 6.45) is 1.89. The molecule has 0 bridgehead atoms. The molecule has 0 amide bonds. The molecule has 1 aliphatic carbocycles. The quantitative estimate of drug-likeness (QED) is 0.446. The van der Waals surface area contributed by atoms with Crippen molar-refractivity contribution in [3.63, 3.8) is 0 Å². The van der Waals surface area contributed by atoms with Crippen LogP contribution in [-0.2, 0) is 5.41 Å². The van der Waals surface area contributed by atoms with E-state index in [0.717, 1.165) is 22.7 Å². The second-order valence-corrected chi connectivity index (χ2v) is 8.07. The van der Waals surface area contributed by atoms with Gasteiger partial charge in [-0.25, -0.2) is 9.97 Å². The molecule has 1 aliphatic rings. The molecule has 0 saturated carbocycles. The minimum atomic E-state index is -0.0702. The molecule has 0 unspecified atom stereocenters. The molecule has 24 heavy (non-hydrogen) atoms. The third kappa shape index (κ3) is 1.59. The number of aryl methyl sites for hydroxylation is 2. The number of thiophene rings is 1. The van der Waals surface area contributed by atoms with Gasteiger partial charge in [-0.1, -0.05) is 26.0 Å². The standard InChI is InChI=1S/C20H17N3S/c1-10-19-18(23-11(2)22-10)15-14(24-19)8-7-12-16(15)20(3,4)13-6-5-9-21-17(12)13/h5-9H,1-4H3. The summed E-state index contributed by atoms with van der Waals surface area (Å²) in [5.74, 6) is 0.837. The molecule has 0 radical (unpaired) electrons. The number of hydrogen-bond acceptors (Lipinski definition) is 4. The highest BCUT2D eigenvalue weighted by molar-refractivity contribution is 7.26. The van der Waals surface area contributed by atoms with Crippen molar-refractivity contribution >= 4 is 31.6 Å². The fraction of sp³-hybridized carbons (Fsp3) is 0.250. The van der Waals surface area contributed by atoms with Crippen LogP contribution in [0.2, 0.25) is 0 Å². The van der Waals surface area contributed by atoms with Crippen molar-refractivity contribution in [1.29, 1.82) is 0 Å². The van der Waals surface area contributed by atoms with Crippen LogP contribution in [-0.4, -0.2) is 15.0 Å². The highest BCUT2D eigenvalue weighted by Crippen LogP contribution is 2.52. The summed E-state index contributed by atoms with van der Waals surface area (Å²) in [5.41, 5.74) is 7.11. The van der Waals surface area contributed by atoms with Crippen LogP contribution in [0.15, 0.2) is 30.5 Å². The van der Waals surface area contributed by atoms with Crippen molar-refractivity contribution in [1.82, 2.24) is 15.0 Å². The van der Waals surface area contributed by atoms with Crippen LogP contribution in [0, 0.1) is 13.8 Å². The molecule has 1 aromatic carbocycles. The number of rotatable bonds is 0. The Balaban J connectivity index is 2.03. The van der Waals surface area contributed by atoms with Gasteiger partial charge in [-0.2, -0.15) is 0 Å². The number of nitrogens with zero attached hydrogens (tertiary/aromatic N) is 3. The number of aromatic nitrogens is 3. The van der Waals surface area contributed by atoms with E-state index in [2.05, 4.69) is 48.9 Å². The fourth-order valence-electron chi connectivity index (χ4n) is 4.11. The highest BCUT2D eigenvalue weighted by Gasteiger charge is 2.38. The first-order chi connectivity index (χ1) is 11.5. The minimum absolute atomic E-state index is 0.0702. The Bertz CT molecular complexity index is 1150. The second kappa shape index (κ2) is 4.39.